The summed E-state index contributed by atoms with van der Waals surface area (Å²) in [6, 6.07) is 10.3. The van der Waals surface area contributed by atoms with Crippen molar-refractivity contribution in [2.24, 2.45) is 0 Å². The van der Waals surface area contributed by atoms with Gasteiger partial charge in [-0.3, -0.25) is 19.7 Å². The van der Waals surface area contributed by atoms with Gasteiger partial charge in [-0.25, -0.2) is 0 Å². The third-order valence-electron chi connectivity index (χ3n) is 7.79. The van der Waals surface area contributed by atoms with Crippen molar-refractivity contribution < 1.29 is 36.8 Å². The SMILES string of the molecule is Cc1ccc2oc(C(=O)N3CCN(C(=O)COC4CCC(Nc5ccc([N+](=O)[O-])c(C(F)(F)F)c5)CC4)CC3)cc2c1. The summed E-state index contributed by atoms with van der Waals surface area (Å²) in [7, 11) is 0. The Labute approximate surface area is 239 Å². The minimum Gasteiger partial charge on any atom is -0.451 e. The number of carbonyl (C=O) groups is 2. The number of fused-ring (bicyclic) bond motifs is 1. The van der Waals surface area contributed by atoms with Gasteiger partial charge in [0, 0.05) is 49.4 Å². The Morgan fingerprint density at radius 1 is 1.02 bits per heavy atom. The Kier molecular flexibility index (Phi) is 8.39. The standard InChI is InChI=1S/C29H31F3N4O6/c1-18-2-9-25-19(14-18)15-26(42-25)28(38)35-12-10-34(11-13-35)27(37)17-41-22-6-3-20(4-7-22)33-21-5-8-24(36(39)40)23(16-21)29(30,31)32/h2,5,8-9,14-16,20,22,33H,3-4,6-7,10-13,17H2,1H3. The number of benzene rings is 2. The van der Waals surface area contributed by atoms with Crippen LogP contribution in [0.25, 0.3) is 11.0 Å². The molecule has 0 atom stereocenters. The predicted octanol–water partition coefficient (Wildman–Crippen LogP) is 5.39. The van der Waals surface area contributed by atoms with Crippen LogP contribution in [0.2, 0.25) is 0 Å². The van der Waals surface area contributed by atoms with Crippen molar-refractivity contribution in [1.82, 2.24) is 9.80 Å². The number of ether oxygens (including phenoxy) is 1. The number of nitro benzene ring substituents is 1. The number of nitrogens with one attached hydrogen (secondary N) is 1. The van der Waals surface area contributed by atoms with Crippen molar-refractivity contribution in [2.75, 3.05) is 38.1 Å². The zero-order valence-corrected chi connectivity index (χ0v) is 23.0. The fourth-order valence-corrected chi connectivity index (χ4v) is 5.49. The van der Waals surface area contributed by atoms with Crippen molar-refractivity contribution in [3.63, 3.8) is 0 Å². The number of amides is 2. The van der Waals surface area contributed by atoms with Crippen molar-refractivity contribution in [1.29, 1.82) is 0 Å². The Balaban J connectivity index is 1.05. The Hall–Kier alpha value is -4.13. The third kappa shape index (κ3) is 6.67. The van der Waals surface area contributed by atoms with E-state index in [0.29, 0.717) is 57.4 Å². The van der Waals surface area contributed by atoms with Crippen LogP contribution < -0.4 is 5.32 Å². The summed E-state index contributed by atoms with van der Waals surface area (Å²) in [5.41, 5.74) is -0.374. The van der Waals surface area contributed by atoms with Gasteiger partial charge in [0.1, 0.15) is 17.8 Å². The minimum atomic E-state index is -4.84. The number of halogens is 3. The molecule has 2 aliphatic rings. The van der Waals surface area contributed by atoms with Crippen molar-refractivity contribution in [2.45, 2.75) is 50.9 Å². The highest BCUT2D eigenvalue weighted by Gasteiger charge is 2.38. The maximum Gasteiger partial charge on any atom is 0.423 e. The van der Waals surface area contributed by atoms with Gasteiger partial charge in [0.15, 0.2) is 5.76 Å². The second-order valence-corrected chi connectivity index (χ2v) is 10.7. The molecule has 5 rings (SSSR count). The molecule has 1 aromatic heterocycles. The highest BCUT2D eigenvalue weighted by Crippen LogP contribution is 2.38. The second kappa shape index (κ2) is 12.0. The van der Waals surface area contributed by atoms with Crippen LogP contribution in [0.1, 0.15) is 47.4 Å². The van der Waals surface area contributed by atoms with Gasteiger partial charge in [-0.05, 0) is 62.9 Å². The van der Waals surface area contributed by atoms with E-state index in [1.807, 2.05) is 25.1 Å². The smallest absolute Gasteiger partial charge is 0.423 e. The first kappa shape index (κ1) is 29.4. The Morgan fingerprint density at radius 3 is 2.38 bits per heavy atom. The van der Waals surface area contributed by atoms with Crippen LogP contribution in [0.5, 0.6) is 0 Å². The van der Waals surface area contributed by atoms with Gasteiger partial charge in [-0.2, -0.15) is 13.2 Å². The molecule has 1 saturated carbocycles. The number of hydrogen-bond acceptors (Lipinski definition) is 7. The number of anilines is 1. The third-order valence-corrected chi connectivity index (χ3v) is 7.79. The number of aryl methyl sites for hydroxylation is 1. The minimum absolute atomic E-state index is 0.0864. The summed E-state index contributed by atoms with van der Waals surface area (Å²) >= 11 is 0. The second-order valence-electron chi connectivity index (χ2n) is 10.7. The van der Waals surface area contributed by atoms with Crippen molar-refractivity contribution >= 4 is 34.2 Å². The van der Waals surface area contributed by atoms with Crippen LogP contribution in [-0.4, -0.2) is 71.5 Å². The van der Waals surface area contributed by atoms with E-state index >= 15 is 0 Å². The highest BCUT2D eigenvalue weighted by atomic mass is 19.4. The molecular formula is C29H31F3N4O6. The van der Waals surface area contributed by atoms with Gasteiger partial charge in [-0.1, -0.05) is 11.6 Å². The van der Waals surface area contributed by atoms with Crippen LogP contribution in [0.4, 0.5) is 24.5 Å². The molecule has 1 aliphatic heterocycles. The number of piperazine rings is 1. The van der Waals surface area contributed by atoms with E-state index in [0.717, 1.165) is 23.1 Å². The van der Waals surface area contributed by atoms with Gasteiger partial charge >= 0.3 is 6.18 Å². The van der Waals surface area contributed by atoms with Crippen LogP contribution in [0, 0.1) is 17.0 Å². The molecular weight excluding hydrogens is 557 g/mol. The van der Waals surface area contributed by atoms with Gasteiger partial charge in [-0.15, -0.1) is 0 Å². The molecule has 0 bridgehead atoms. The predicted molar refractivity (Wildman–Crippen MR) is 147 cm³/mol. The lowest BCUT2D eigenvalue weighted by Crippen LogP contribution is -2.51. The molecule has 0 unspecified atom stereocenters. The van der Waals surface area contributed by atoms with E-state index in [1.165, 1.54) is 6.07 Å². The summed E-state index contributed by atoms with van der Waals surface area (Å²) < 4.78 is 51.4. The number of carbonyl (C=O) groups excluding carboxylic acids is 2. The molecule has 2 aromatic carbocycles. The largest absolute Gasteiger partial charge is 0.451 e. The highest BCUT2D eigenvalue weighted by molar-refractivity contribution is 5.96. The maximum absolute atomic E-state index is 13.3. The average Bonchev–Trinajstić information content (AvgIpc) is 3.39. The fourth-order valence-electron chi connectivity index (χ4n) is 5.49. The van der Waals surface area contributed by atoms with Crippen LogP contribution in [-0.2, 0) is 15.7 Å². The molecule has 13 heteroatoms. The van der Waals surface area contributed by atoms with E-state index in [4.69, 9.17) is 9.15 Å². The molecule has 0 spiro atoms. The molecule has 2 fully saturated rings. The molecule has 1 saturated heterocycles. The average molecular weight is 589 g/mol. The summed E-state index contributed by atoms with van der Waals surface area (Å²) in [6.45, 7) is 3.43. The fraction of sp³-hybridized carbons (Fsp3) is 0.448. The summed E-state index contributed by atoms with van der Waals surface area (Å²) in [6.07, 6.45) is -2.55. The molecule has 2 amide bonds. The van der Waals surface area contributed by atoms with E-state index in [9.17, 15) is 32.9 Å². The molecule has 0 radical (unpaired) electrons. The maximum atomic E-state index is 13.3. The number of rotatable bonds is 7. The first-order chi connectivity index (χ1) is 20.0. The lowest BCUT2D eigenvalue weighted by Gasteiger charge is -2.35. The quantitative estimate of drug-likeness (QED) is 0.290. The number of hydrogen-bond donors (Lipinski definition) is 1. The Bertz CT molecular complexity index is 1470. The molecule has 42 heavy (non-hydrogen) atoms. The topological polar surface area (TPSA) is 118 Å². The lowest BCUT2D eigenvalue weighted by molar-refractivity contribution is -0.388. The Morgan fingerprint density at radius 2 is 1.71 bits per heavy atom. The molecule has 3 aromatic rings. The van der Waals surface area contributed by atoms with Gasteiger partial charge in [0.2, 0.25) is 5.91 Å². The van der Waals surface area contributed by atoms with Crippen molar-refractivity contribution in [3.05, 3.63) is 69.5 Å². The zero-order chi connectivity index (χ0) is 30.0. The number of nitro groups is 1. The number of furan rings is 1. The van der Waals surface area contributed by atoms with E-state index < -0.39 is 22.4 Å². The van der Waals surface area contributed by atoms with E-state index in [-0.39, 0.29) is 42.0 Å². The summed E-state index contributed by atoms with van der Waals surface area (Å²) in [5, 5.41) is 14.9. The van der Waals surface area contributed by atoms with E-state index in [2.05, 4.69) is 5.32 Å². The number of alkyl halides is 3. The van der Waals surface area contributed by atoms with Gasteiger partial charge < -0.3 is 24.3 Å². The van der Waals surface area contributed by atoms with Crippen LogP contribution >= 0.6 is 0 Å². The van der Waals surface area contributed by atoms with E-state index in [1.54, 1.807) is 15.9 Å². The van der Waals surface area contributed by atoms with Gasteiger partial charge in [0.05, 0.1) is 11.0 Å². The first-order valence-electron chi connectivity index (χ1n) is 13.8. The monoisotopic (exact) mass is 588 g/mol. The number of nitrogens with zero attached hydrogens (tertiary/aromatic N) is 3. The molecule has 2 heterocycles. The molecule has 1 N–H and O–H groups in total. The van der Waals surface area contributed by atoms with Crippen molar-refractivity contribution in [3.8, 4) is 0 Å². The lowest BCUT2D eigenvalue weighted by atomic mass is 9.92. The zero-order valence-electron chi connectivity index (χ0n) is 23.0. The normalized spacial score (nSPS) is 19.6. The first-order valence-corrected chi connectivity index (χ1v) is 13.8. The summed E-state index contributed by atoms with van der Waals surface area (Å²) in [4.78, 5) is 39.0. The molecule has 10 nitrogen and oxygen atoms in total. The van der Waals surface area contributed by atoms with Crippen LogP contribution in [0.3, 0.4) is 0 Å². The molecule has 224 valence electrons. The summed E-state index contributed by atoms with van der Waals surface area (Å²) in [5.74, 6) is -0.0915. The van der Waals surface area contributed by atoms with Gasteiger partial charge in [0.25, 0.3) is 11.6 Å². The van der Waals surface area contributed by atoms with Crippen LogP contribution in [0.15, 0.2) is 46.9 Å². The molecule has 1 aliphatic carbocycles.